The molecule has 2 heterocycles. The molecule has 20 heavy (non-hydrogen) atoms. The SMILES string of the molecule is Cc1cccc(C)c1OCc1coc(-c2cccs2)n1. The van der Waals surface area contributed by atoms with E-state index >= 15 is 0 Å². The monoisotopic (exact) mass is 285 g/mol. The van der Waals surface area contributed by atoms with Crippen LogP contribution in [0.15, 0.2) is 46.4 Å². The number of thiophene rings is 1. The molecule has 4 heteroatoms. The van der Waals surface area contributed by atoms with Crippen molar-refractivity contribution in [2.75, 3.05) is 0 Å². The lowest BCUT2D eigenvalue weighted by Crippen LogP contribution is -1.99. The van der Waals surface area contributed by atoms with E-state index in [9.17, 15) is 0 Å². The lowest BCUT2D eigenvalue weighted by Gasteiger charge is -2.10. The zero-order valence-corrected chi connectivity index (χ0v) is 12.2. The molecule has 0 bridgehead atoms. The van der Waals surface area contributed by atoms with Crippen molar-refractivity contribution in [2.24, 2.45) is 0 Å². The van der Waals surface area contributed by atoms with Gasteiger partial charge in [0.25, 0.3) is 0 Å². The van der Waals surface area contributed by atoms with Crippen molar-refractivity contribution in [1.29, 1.82) is 0 Å². The van der Waals surface area contributed by atoms with E-state index in [1.807, 2.05) is 49.6 Å². The number of para-hydroxylation sites is 1. The number of oxazole rings is 1. The van der Waals surface area contributed by atoms with Gasteiger partial charge in [-0.05, 0) is 36.4 Å². The summed E-state index contributed by atoms with van der Waals surface area (Å²) >= 11 is 1.61. The molecule has 0 amide bonds. The van der Waals surface area contributed by atoms with Gasteiger partial charge in [-0.25, -0.2) is 4.98 Å². The number of hydrogen-bond donors (Lipinski definition) is 0. The summed E-state index contributed by atoms with van der Waals surface area (Å²) in [6, 6.07) is 10.1. The molecule has 0 radical (unpaired) electrons. The number of benzene rings is 1. The molecular formula is C16H15NO2S. The van der Waals surface area contributed by atoms with Gasteiger partial charge in [0.2, 0.25) is 5.89 Å². The van der Waals surface area contributed by atoms with Crippen molar-refractivity contribution in [2.45, 2.75) is 20.5 Å². The Morgan fingerprint density at radius 1 is 1.15 bits per heavy atom. The highest BCUT2D eigenvalue weighted by atomic mass is 32.1. The highest BCUT2D eigenvalue weighted by Gasteiger charge is 2.09. The summed E-state index contributed by atoms with van der Waals surface area (Å²) in [5.74, 6) is 1.58. The third kappa shape index (κ3) is 2.60. The predicted octanol–water partition coefficient (Wildman–Crippen LogP) is 4.60. The van der Waals surface area contributed by atoms with Gasteiger partial charge >= 0.3 is 0 Å². The molecule has 0 saturated carbocycles. The van der Waals surface area contributed by atoms with Gasteiger partial charge in [0.05, 0.1) is 4.88 Å². The Hall–Kier alpha value is -2.07. The summed E-state index contributed by atoms with van der Waals surface area (Å²) in [7, 11) is 0. The highest BCUT2D eigenvalue weighted by molar-refractivity contribution is 7.13. The minimum atomic E-state index is 0.417. The van der Waals surface area contributed by atoms with Gasteiger partial charge in [-0.2, -0.15) is 0 Å². The smallest absolute Gasteiger partial charge is 0.236 e. The summed E-state index contributed by atoms with van der Waals surface area (Å²) in [5, 5.41) is 2.01. The Morgan fingerprint density at radius 2 is 1.95 bits per heavy atom. The van der Waals surface area contributed by atoms with Gasteiger partial charge in [0, 0.05) is 0 Å². The number of hydrogen-bond acceptors (Lipinski definition) is 4. The Morgan fingerprint density at radius 3 is 2.65 bits per heavy atom. The van der Waals surface area contributed by atoms with E-state index in [1.54, 1.807) is 17.6 Å². The maximum Gasteiger partial charge on any atom is 0.236 e. The normalized spacial score (nSPS) is 10.7. The number of rotatable bonds is 4. The third-order valence-corrected chi connectivity index (χ3v) is 3.91. The standard InChI is InChI=1S/C16H15NO2S/c1-11-5-3-6-12(2)15(11)18-9-13-10-19-16(17-13)14-7-4-8-20-14/h3-8,10H,9H2,1-2H3. The Bertz CT molecular complexity index is 681. The zero-order valence-electron chi connectivity index (χ0n) is 11.4. The number of ether oxygens (including phenoxy) is 1. The van der Waals surface area contributed by atoms with E-state index in [-0.39, 0.29) is 0 Å². The first-order valence-corrected chi connectivity index (χ1v) is 7.29. The van der Waals surface area contributed by atoms with E-state index < -0.39 is 0 Å². The largest absolute Gasteiger partial charge is 0.487 e. The number of aromatic nitrogens is 1. The van der Waals surface area contributed by atoms with Crippen molar-refractivity contribution < 1.29 is 9.15 Å². The van der Waals surface area contributed by atoms with E-state index in [1.165, 1.54) is 0 Å². The van der Waals surface area contributed by atoms with Gasteiger partial charge in [-0.3, -0.25) is 0 Å². The first-order valence-electron chi connectivity index (χ1n) is 6.41. The topological polar surface area (TPSA) is 35.3 Å². The van der Waals surface area contributed by atoms with Gasteiger partial charge in [-0.1, -0.05) is 24.3 Å². The molecule has 0 spiro atoms. The van der Waals surface area contributed by atoms with Crippen molar-refractivity contribution in [3.63, 3.8) is 0 Å². The quantitative estimate of drug-likeness (QED) is 0.702. The van der Waals surface area contributed by atoms with E-state index in [0.717, 1.165) is 27.4 Å². The van der Waals surface area contributed by atoms with Crippen molar-refractivity contribution in [1.82, 2.24) is 4.98 Å². The fraction of sp³-hybridized carbons (Fsp3) is 0.188. The molecular weight excluding hydrogens is 270 g/mol. The van der Waals surface area contributed by atoms with Gasteiger partial charge < -0.3 is 9.15 Å². The zero-order chi connectivity index (χ0) is 13.9. The molecule has 3 nitrogen and oxygen atoms in total. The second-order valence-electron chi connectivity index (χ2n) is 4.63. The number of aryl methyl sites for hydroxylation is 2. The van der Waals surface area contributed by atoms with Crippen LogP contribution in [0.1, 0.15) is 16.8 Å². The molecule has 0 aliphatic heterocycles. The first-order chi connectivity index (χ1) is 9.74. The van der Waals surface area contributed by atoms with Crippen LogP contribution in [0.25, 0.3) is 10.8 Å². The average Bonchev–Trinajstić information content (AvgIpc) is 3.09. The van der Waals surface area contributed by atoms with Crippen LogP contribution < -0.4 is 4.74 Å². The molecule has 0 aliphatic carbocycles. The molecule has 0 unspecified atom stereocenters. The van der Waals surface area contributed by atoms with Crippen LogP contribution in [0.4, 0.5) is 0 Å². The fourth-order valence-corrected chi connectivity index (χ4v) is 2.72. The van der Waals surface area contributed by atoms with Crippen LogP contribution in [-0.2, 0) is 6.61 Å². The molecule has 0 saturated heterocycles. The Labute approximate surface area is 121 Å². The van der Waals surface area contributed by atoms with Gasteiger partial charge in [-0.15, -0.1) is 11.3 Å². The lowest BCUT2D eigenvalue weighted by atomic mass is 10.1. The van der Waals surface area contributed by atoms with Crippen LogP contribution >= 0.6 is 11.3 Å². The van der Waals surface area contributed by atoms with Crippen molar-refractivity contribution in [3.05, 3.63) is 58.8 Å². The molecule has 3 aromatic rings. The molecule has 1 aromatic carbocycles. The number of nitrogens with zero attached hydrogens (tertiary/aromatic N) is 1. The highest BCUT2D eigenvalue weighted by Crippen LogP contribution is 2.26. The summed E-state index contributed by atoms with van der Waals surface area (Å²) in [4.78, 5) is 5.48. The van der Waals surface area contributed by atoms with Gasteiger partial charge in [0.15, 0.2) is 0 Å². The summed E-state index contributed by atoms with van der Waals surface area (Å²) in [6.45, 7) is 4.50. The predicted molar refractivity (Wildman–Crippen MR) is 80.1 cm³/mol. The van der Waals surface area contributed by atoms with Crippen LogP contribution in [0.3, 0.4) is 0 Å². The van der Waals surface area contributed by atoms with Crippen molar-refractivity contribution >= 4 is 11.3 Å². The van der Waals surface area contributed by atoms with Crippen LogP contribution in [0.2, 0.25) is 0 Å². The summed E-state index contributed by atoms with van der Waals surface area (Å²) < 4.78 is 11.3. The Balaban J connectivity index is 1.73. The van der Waals surface area contributed by atoms with Crippen LogP contribution in [-0.4, -0.2) is 4.98 Å². The molecule has 0 atom stereocenters. The molecule has 3 rings (SSSR count). The maximum atomic E-state index is 5.87. The van der Waals surface area contributed by atoms with E-state index in [2.05, 4.69) is 4.98 Å². The lowest BCUT2D eigenvalue weighted by molar-refractivity contribution is 0.297. The average molecular weight is 285 g/mol. The second-order valence-corrected chi connectivity index (χ2v) is 5.58. The molecule has 0 N–H and O–H groups in total. The molecule has 102 valence electrons. The second kappa shape index (κ2) is 5.51. The Kier molecular flexibility index (Phi) is 3.56. The first kappa shape index (κ1) is 12.9. The van der Waals surface area contributed by atoms with Crippen molar-refractivity contribution in [3.8, 4) is 16.5 Å². The summed E-state index contributed by atoms with van der Waals surface area (Å²) in [5.41, 5.74) is 3.06. The molecule has 0 fully saturated rings. The molecule has 2 aromatic heterocycles. The molecule has 0 aliphatic rings. The van der Waals surface area contributed by atoms with Crippen LogP contribution in [0.5, 0.6) is 5.75 Å². The minimum absolute atomic E-state index is 0.417. The minimum Gasteiger partial charge on any atom is -0.487 e. The fourth-order valence-electron chi connectivity index (χ4n) is 2.06. The summed E-state index contributed by atoms with van der Waals surface area (Å²) in [6.07, 6.45) is 1.66. The third-order valence-electron chi connectivity index (χ3n) is 3.06. The maximum absolute atomic E-state index is 5.87. The van der Waals surface area contributed by atoms with E-state index in [4.69, 9.17) is 9.15 Å². The van der Waals surface area contributed by atoms with Gasteiger partial charge in [0.1, 0.15) is 24.3 Å². The van der Waals surface area contributed by atoms with Crippen LogP contribution in [0, 0.1) is 13.8 Å². The van der Waals surface area contributed by atoms with E-state index in [0.29, 0.717) is 12.5 Å².